The summed E-state index contributed by atoms with van der Waals surface area (Å²) in [5, 5.41) is 16.9. The summed E-state index contributed by atoms with van der Waals surface area (Å²) in [6.45, 7) is 0. The van der Waals surface area contributed by atoms with E-state index in [4.69, 9.17) is 28.3 Å². The van der Waals surface area contributed by atoms with Crippen molar-refractivity contribution in [2.24, 2.45) is 5.92 Å². The van der Waals surface area contributed by atoms with E-state index >= 15 is 0 Å². The highest BCUT2D eigenvalue weighted by Crippen LogP contribution is 2.31. The highest BCUT2D eigenvalue weighted by atomic mass is 35.5. The fraction of sp³-hybridized carbons (Fsp3) is 0.857. The number of hydrogen-bond acceptors (Lipinski definition) is 2. The lowest BCUT2D eigenvalue weighted by Gasteiger charge is -2.31. The SMILES string of the molecule is O=C(O)C1C[C@@H](Cl)C(O)[C@H](Cl)C1. The molecule has 0 amide bonds. The lowest BCUT2D eigenvalue weighted by Crippen LogP contribution is -2.41. The second-order valence-corrected chi connectivity index (χ2v) is 4.15. The average Bonchev–Trinajstić information content (AvgIpc) is 1.99. The number of rotatable bonds is 1. The Kier molecular flexibility index (Phi) is 3.21. The van der Waals surface area contributed by atoms with E-state index in [1.54, 1.807) is 0 Å². The van der Waals surface area contributed by atoms with Gasteiger partial charge in [-0.15, -0.1) is 23.2 Å². The summed E-state index contributed by atoms with van der Waals surface area (Å²) >= 11 is 11.4. The van der Waals surface area contributed by atoms with Crippen LogP contribution in [-0.2, 0) is 4.79 Å². The highest BCUT2D eigenvalue weighted by molar-refractivity contribution is 6.24. The Bertz CT molecular complexity index is 173. The third-order valence-corrected chi connectivity index (χ3v) is 2.98. The fourth-order valence-electron chi connectivity index (χ4n) is 1.35. The molecular weight excluding hydrogens is 203 g/mol. The predicted octanol–water partition coefficient (Wildman–Crippen LogP) is 1.06. The second kappa shape index (κ2) is 3.81. The quantitative estimate of drug-likeness (QED) is 0.640. The first-order chi connectivity index (χ1) is 5.52. The maximum atomic E-state index is 10.6. The van der Waals surface area contributed by atoms with Crippen LogP contribution in [0.4, 0.5) is 0 Å². The molecule has 1 saturated carbocycles. The molecule has 0 heterocycles. The van der Waals surface area contributed by atoms with E-state index in [0.29, 0.717) is 12.8 Å². The molecule has 5 heteroatoms. The Labute approximate surface area is 80.3 Å². The zero-order valence-electron chi connectivity index (χ0n) is 6.28. The van der Waals surface area contributed by atoms with Gasteiger partial charge in [-0.05, 0) is 12.8 Å². The van der Waals surface area contributed by atoms with Gasteiger partial charge < -0.3 is 10.2 Å². The summed E-state index contributed by atoms with van der Waals surface area (Å²) in [5.74, 6) is -1.41. The number of carboxylic acids is 1. The number of hydrogen-bond donors (Lipinski definition) is 2. The molecule has 2 N–H and O–H groups in total. The molecule has 0 spiro atoms. The monoisotopic (exact) mass is 212 g/mol. The van der Waals surface area contributed by atoms with Gasteiger partial charge in [0.1, 0.15) is 0 Å². The topological polar surface area (TPSA) is 57.5 Å². The second-order valence-electron chi connectivity index (χ2n) is 3.03. The molecule has 1 rings (SSSR count). The number of halogens is 2. The summed E-state index contributed by atoms with van der Waals surface area (Å²) in [6, 6.07) is 0. The van der Waals surface area contributed by atoms with Gasteiger partial charge in [0.2, 0.25) is 0 Å². The number of aliphatic hydroxyl groups excluding tert-OH is 1. The van der Waals surface area contributed by atoms with E-state index in [0.717, 1.165) is 0 Å². The van der Waals surface area contributed by atoms with Gasteiger partial charge in [0, 0.05) is 0 Å². The minimum absolute atomic E-state index is 0.293. The van der Waals surface area contributed by atoms with Crippen molar-refractivity contribution in [1.29, 1.82) is 0 Å². The number of carbonyl (C=O) groups is 1. The van der Waals surface area contributed by atoms with Crippen LogP contribution in [0, 0.1) is 5.92 Å². The van der Waals surface area contributed by atoms with Crippen LogP contribution >= 0.6 is 23.2 Å². The zero-order chi connectivity index (χ0) is 9.30. The van der Waals surface area contributed by atoms with Crippen molar-refractivity contribution in [3.63, 3.8) is 0 Å². The van der Waals surface area contributed by atoms with Crippen molar-refractivity contribution in [2.75, 3.05) is 0 Å². The van der Waals surface area contributed by atoms with Crippen molar-refractivity contribution >= 4 is 29.2 Å². The number of alkyl halides is 2. The molecule has 70 valence electrons. The van der Waals surface area contributed by atoms with E-state index in [9.17, 15) is 9.90 Å². The molecule has 0 aliphatic heterocycles. The number of aliphatic hydroxyl groups is 1. The largest absolute Gasteiger partial charge is 0.481 e. The van der Waals surface area contributed by atoms with Crippen LogP contribution in [0.5, 0.6) is 0 Å². The molecule has 0 unspecified atom stereocenters. The molecule has 0 aromatic carbocycles. The molecule has 1 aliphatic rings. The van der Waals surface area contributed by atoms with Gasteiger partial charge in [0.25, 0.3) is 0 Å². The first-order valence-electron chi connectivity index (χ1n) is 3.71. The molecule has 12 heavy (non-hydrogen) atoms. The van der Waals surface area contributed by atoms with Crippen LogP contribution in [0.2, 0.25) is 0 Å². The van der Waals surface area contributed by atoms with Crippen molar-refractivity contribution in [2.45, 2.75) is 29.7 Å². The smallest absolute Gasteiger partial charge is 0.306 e. The average molecular weight is 213 g/mol. The summed E-state index contributed by atoms with van der Waals surface area (Å²) in [4.78, 5) is 10.6. The van der Waals surface area contributed by atoms with Crippen LogP contribution in [0.1, 0.15) is 12.8 Å². The zero-order valence-corrected chi connectivity index (χ0v) is 7.79. The van der Waals surface area contributed by atoms with E-state index < -0.39 is 28.7 Å². The minimum Gasteiger partial charge on any atom is -0.481 e. The summed E-state index contributed by atoms with van der Waals surface area (Å²) in [6.07, 6.45) is -0.202. The molecular formula is C7H10Cl2O3. The molecule has 0 bridgehead atoms. The normalized spacial score (nSPS) is 42.6. The van der Waals surface area contributed by atoms with Gasteiger partial charge in [-0.3, -0.25) is 4.79 Å². The fourth-order valence-corrected chi connectivity index (χ4v) is 2.20. The number of aliphatic carboxylic acids is 1. The Hall–Kier alpha value is 0.01000. The molecule has 1 fully saturated rings. The van der Waals surface area contributed by atoms with Crippen LogP contribution in [0.3, 0.4) is 0 Å². The van der Waals surface area contributed by atoms with Crippen molar-refractivity contribution in [1.82, 2.24) is 0 Å². The lowest BCUT2D eigenvalue weighted by atomic mass is 9.87. The lowest BCUT2D eigenvalue weighted by molar-refractivity contribution is -0.143. The molecule has 3 nitrogen and oxygen atoms in total. The van der Waals surface area contributed by atoms with Gasteiger partial charge in [0.05, 0.1) is 22.8 Å². The van der Waals surface area contributed by atoms with Crippen LogP contribution < -0.4 is 0 Å². The molecule has 0 radical (unpaired) electrons. The Balaban J connectivity index is 2.59. The number of carboxylic acid groups (broad SMARTS) is 1. The van der Waals surface area contributed by atoms with Crippen LogP contribution in [0.15, 0.2) is 0 Å². The first kappa shape index (κ1) is 10.1. The maximum absolute atomic E-state index is 10.6. The van der Waals surface area contributed by atoms with Gasteiger partial charge in [-0.2, -0.15) is 0 Å². The van der Waals surface area contributed by atoms with Crippen LogP contribution in [-0.4, -0.2) is 33.0 Å². The summed E-state index contributed by atoms with van der Waals surface area (Å²) in [7, 11) is 0. The van der Waals surface area contributed by atoms with Crippen molar-refractivity contribution in [3.05, 3.63) is 0 Å². The molecule has 2 atom stereocenters. The van der Waals surface area contributed by atoms with E-state index in [1.807, 2.05) is 0 Å². The molecule has 0 aromatic rings. The van der Waals surface area contributed by atoms with Crippen molar-refractivity contribution in [3.8, 4) is 0 Å². The summed E-state index contributed by atoms with van der Waals surface area (Å²) < 4.78 is 0. The Morgan fingerprint density at radius 2 is 1.67 bits per heavy atom. The Morgan fingerprint density at radius 1 is 1.25 bits per heavy atom. The first-order valence-corrected chi connectivity index (χ1v) is 4.58. The molecule has 0 aromatic heterocycles. The van der Waals surface area contributed by atoms with E-state index in [1.165, 1.54) is 0 Å². The van der Waals surface area contributed by atoms with Gasteiger partial charge >= 0.3 is 5.97 Å². The summed E-state index contributed by atoms with van der Waals surface area (Å²) in [5.41, 5.74) is 0. The maximum Gasteiger partial charge on any atom is 0.306 e. The predicted molar refractivity (Wildman–Crippen MR) is 45.6 cm³/mol. The third kappa shape index (κ3) is 2.03. The third-order valence-electron chi connectivity index (χ3n) is 2.11. The highest BCUT2D eigenvalue weighted by Gasteiger charge is 2.37. The molecule has 1 aliphatic carbocycles. The Morgan fingerprint density at radius 3 is 2.00 bits per heavy atom. The van der Waals surface area contributed by atoms with Gasteiger partial charge in [-0.25, -0.2) is 0 Å². The van der Waals surface area contributed by atoms with E-state index in [2.05, 4.69) is 0 Å². The molecule has 0 saturated heterocycles. The van der Waals surface area contributed by atoms with Crippen molar-refractivity contribution < 1.29 is 15.0 Å². The standard InChI is InChI=1S/C7H10Cl2O3/c8-4-1-3(7(11)12)2-5(9)6(4)10/h3-6,10H,1-2H2,(H,11,12)/t3?,4-,5-,6?/m1/s1. The van der Waals surface area contributed by atoms with Crippen LogP contribution in [0.25, 0.3) is 0 Å². The van der Waals surface area contributed by atoms with Gasteiger partial charge in [0.15, 0.2) is 0 Å². The minimum atomic E-state index is -0.891. The van der Waals surface area contributed by atoms with Gasteiger partial charge in [-0.1, -0.05) is 0 Å². The van der Waals surface area contributed by atoms with E-state index in [-0.39, 0.29) is 0 Å².